The van der Waals surface area contributed by atoms with Crippen molar-refractivity contribution >= 4 is 23.6 Å². The van der Waals surface area contributed by atoms with Gasteiger partial charge in [-0.1, -0.05) is 12.1 Å². The van der Waals surface area contributed by atoms with E-state index in [1.54, 1.807) is 24.3 Å². The van der Waals surface area contributed by atoms with Crippen molar-refractivity contribution < 1.29 is 23.1 Å². The molecule has 2 aromatic carbocycles. The van der Waals surface area contributed by atoms with E-state index in [2.05, 4.69) is 5.32 Å². The van der Waals surface area contributed by atoms with E-state index in [-0.39, 0.29) is 28.8 Å². The van der Waals surface area contributed by atoms with Crippen molar-refractivity contribution in [3.8, 4) is 0 Å². The number of hydrogen-bond acceptors (Lipinski definition) is 4. The van der Waals surface area contributed by atoms with Crippen LogP contribution in [0.2, 0.25) is 0 Å². The zero-order chi connectivity index (χ0) is 20.0. The Kier molecular flexibility index (Phi) is 7.36. The van der Waals surface area contributed by atoms with Crippen LogP contribution in [0.15, 0.2) is 47.4 Å². The Bertz CT molecular complexity index is 827. The van der Waals surface area contributed by atoms with Crippen LogP contribution in [-0.2, 0) is 9.53 Å². The molecule has 4 nitrogen and oxygen atoms in total. The Balaban J connectivity index is 2.08. The molecular weight excluding hydrogens is 372 g/mol. The smallest absolute Gasteiger partial charge is 0.339 e. The molecule has 0 radical (unpaired) electrons. The largest absolute Gasteiger partial charge is 0.454 e. The lowest BCUT2D eigenvalue weighted by molar-refractivity contribution is -0.119. The minimum atomic E-state index is -0.889. The van der Waals surface area contributed by atoms with E-state index in [4.69, 9.17) is 4.74 Å². The fraction of sp³-hybridized carbons (Fsp3) is 0.300. The SMILES string of the molecule is CC(C)NC(=O)CSc1ccccc1C(=O)OC(C)c1ccc(F)cc1F. The summed E-state index contributed by atoms with van der Waals surface area (Å²) in [5.41, 5.74) is 0.375. The monoisotopic (exact) mass is 393 g/mol. The van der Waals surface area contributed by atoms with Crippen molar-refractivity contribution in [1.29, 1.82) is 0 Å². The van der Waals surface area contributed by atoms with Crippen LogP contribution in [0.5, 0.6) is 0 Å². The molecule has 2 rings (SSSR count). The summed E-state index contributed by atoms with van der Waals surface area (Å²) in [5.74, 6) is -2.09. The van der Waals surface area contributed by atoms with Crippen LogP contribution >= 0.6 is 11.8 Å². The van der Waals surface area contributed by atoms with E-state index in [9.17, 15) is 18.4 Å². The van der Waals surface area contributed by atoms with Crippen LogP contribution < -0.4 is 5.32 Å². The number of benzene rings is 2. The van der Waals surface area contributed by atoms with Crippen molar-refractivity contribution in [2.45, 2.75) is 37.8 Å². The average molecular weight is 393 g/mol. The van der Waals surface area contributed by atoms with Gasteiger partial charge in [0.15, 0.2) is 0 Å². The number of thioether (sulfide) groups is 1. The molecule has 144 valence electrons. The van der Waals surface area contributed by atoms with Crippen molar-refractivity contribution in [2.75, 3.05) is 5.75 Å². The minimum Gasteiger partial charge on any atom is -0.454 e. The first kappa shape index (κ1) is 20.9. The number of esters is 1. The predicted octanol–water partition coefficient (Wildman–Crippen LogP) is 4.50. The molecule has 0 heterocycles. The van der Waals surface area contributed by atoms with Gasteiger partial charge < -0.3 is 10.1 Å². The molecule has 1 atom stereocenters. The Morgan fingerprint density at radius 2 is 1.81 bits per heavy atom. The maximum atomic E-state index is 13.9. The summed E-state index contributed by atoms with van der Waals surface area (Å²) < 4.78 is 32.2. The molecule has 0 aliphatic carbocycles. The molecule has 0 saturated carbocycles. The van der Waals surface area contributed by atoms with Gasteiger partial charge in [0.25, 0.3) is 0 Å². The molecule has 2 aromatic rings. The number of halogens is 2. The second-order valence-corrected chi connectivity index (χ2v) is 7.24. The van der Waals surface area contributed by atoms with Crippen LogP contribution in [-0.4, -0.2) is 23.7 Å². The lowest BCUT2D eigenvalue weighted by atomic mass is 10.1. The second-order valence-electron chi connectivity index (χ2n) is 6.22. The van der Waals surface area contributed by atoms with E-state index in [0.29, 0.717) is 4.90 Å². The van der Waals surface area contributed by atoms with Gasteiger partial charge >= 0.3 is 5.97 Å². The molecule has 27 heavy (non-hydrogen) atoms. The molecule has 0 aliphatic heterocycles. The standard InChI is InChI=1S/C20H21F2NO3S/c1-12(2)23-19(24)11-27-18-7-5-4-6-16(18)20(25)26-13(3)15-9-8-14(21)10-17(15)22/h4-10,12-13H,11H2,1-3H3,(H,23,24). The van der Waals surface area contributed by atoms with Gasteiger partial charge in [-0.15, -0.1) is 11.8 Å². The van der Waals surface area contributed by atoms with Crippen molar-refractivity contribution in [3.05, 3.63) is 65.2 Å². The molecule has 0 spiro atoms. The van der Waals surface area contributed by atoms with Crippen LogP contribution in [0.4, 0.5) is 8.78 Å². The highest BCUT2D eigenvalue weighted by molar-refractivity contribution is 8.00. The van der Waals surface area contributed by atoms with Crippen molar-refractivity contribution in [1.82, 2.24) is 5.32 Å². The summed E-state index contributed by atoms with van der Waals surface area (Å²) in [7, 11) is 0. The topological polar surface area (TPSA) is 55.4 Å². The lowest BCUT2D eigenvalue weighted by Gasteiger charge is -2.16. The Morgan fingerprint density at radius 1 is 1.11 bits per heavy atom. The third-order valence-corrected chi connectivity index (χ3v) is 4.67. The molecule has 0 bridgehead atoms. The first-order valence-electron chi connectivity index (χ1n) is 8.45. The van der Waals surface area contributed by atoms with Crippen LogP contribution in [0.1, 0.15) is 42.8 Å². The van der Waals surface area contributed by atoms with Crippen LogP contribution in [0.3, 0.4) is 0 Å². The maximum absolute atomic E-state index is 13.9. The highest BCUT2D eigenvalue weighted by Crippen LogP contribution is 2.27. The number of rotatable bonds is 7. The summed E-state index contributed by atoms with van der Waals surface area (Å²) >= 11 is 1.22. The number of hydrogen-bond donors (Lipinski definition) is 1. The van der Waals surface area contributed by atoms with Gasteiger partial charge in [0.2, 0.25) is 5.91 Å². The first-order valence-corrected chi connectivity index (χ1v) is 9.43. The normalized spacial score (nSPS) is 11.9. The number of amides is 1. The van der Waals surface area contributed by atoms with E-state index >= 15 is 0 Å². The van der Waals surface area contributed by atoms with Crippen molar-refractivity contribution in [2.24, 2.45) is 0 Å². The third-order valence-electron chi connectivity index (χ3n) is 3.60. The predicted molar refractivity (Wildman–Crippen MR) is 101 cm³/mol. The van der Waals surface area contributed by atoms with Gasteiger partial charge in [0.1, 0.15) is 17.7 Å². The fourth-order valence-corrected chi connectivity index (χ4v) is 3.24. The first-order chi connectivity index (χ1) is 12.8. The third kappa shape index (κ3) is 6.06. The molecular formula is C20H21F2NO3S. The molecule has 1 unspecified atom stereocenters. The maximum Gasteiger partial charge on any atom is 0.339 e. The average Bonchev–Trinajstić information content (AvgIpc) is 2.59. The van der Waals surface area contributed by atoms with Crippen molar-refractivity contribution in [3.63, 3.8) is 0 Å². The molecule has 0 aromatic heterocycles. The van der Waals surface area contributed by atoms with Gasteiger partial charge in [0.05, 0.1) is 11.3 Å². The van der Waals surface area contributed by atoms with Gasteiger partial charge in [-0.2, -0.15) is 0 Å². The molecule has 1 N–H and O–H groups in total. The molecule has 7 heteroatoms. The van der Waals surface area contributed by atoms with Crippen LogP contribution in [0, 0.1) is 11.6 Å². The minimum absolute atomic E-state index is 0.0322. The summed E-state index contributed by atoms with van der Waals surface area (Å²) in [5, 5.41) is 2.78. The van der Waals surface area contributed by atoms with Gasteiger partial charge in [-0.3, -0.25) is 4.79 Å². The highest BCUT2D eigenvalue weighted by atomic mass is 32.2. The van der Waals surface area contributed by atoms with E-state index in [1.807, 2.05) is 13.8 Å². The molecule has 1 amide bonds. The molecule has 0 aliphatic rings. The quantitative estimate of drug-likeness (QED) is 0.556. The number of nitrogens with one attached hydrogen (secondary N) is 1. The fourth-order valence-electron chi connectivity index (χ4n) is 2.39. The van der Waals surface area contributed by atoms with E-state index in [1.165, 1.54) is 24.8 Å². The van der Waals surface area contributed by atoms with Gasteiger partial charge in [-0.05, 0) is 45.0 Å². The second kappa shape index (κ2) is 9.50. The molecule has 0 fully saturated rings. The number of carbonyl (C=O) groups excluding carboxylic acids is 2. The van der Waals surface area contributed by atoms with E-state index in [0.717, 1.165) is 12.1 Å². The summed E-state index contributed by atoms with van der Waals surface area (Å²) in [4.78, 5) is 24.9. The summed E-state index contributed by atoms with van der Waals surface area (Å²) in [6.07, 6.45) is -0.889. The Labute approximate surface area is 161 Å². The highest BCUT2D eigenvalue weighted by Gasteiger charge is 2.20. The van der Waals surface area contributed by atoms with Gasteiger partial charge in [0, 0.05) is 22.6 Å². The Hall–Kier alpha value is -2.41. The van der Waals surface area contributed by atoms with E-state index < -0.39 is 23.7 Å². The number of carbonyl (C=O) groups is 2. The zero-order valence-corrected chi connectivity index (χ0v) is 16.1. The lowest BCUT2D eigenvalue weighted by Crippen LogP contribution is -2.31. The number of ether oxygens (including phenoxy) is 1. The van der Waals surface area contributed by atoms with Gasteiger partial charge in [-0.25, -0.2) is 13.6 Å². The summed E-state index contributed by atoms with van der Waals surface area (Å²) in [6, 6.07) is 9.87. The Morgan fingerprint density at radius 3 is 2.48 bits per heavy atom. The van der Waals surface area contributed by atoms with Crippen LogP contribution in [0.25, 0.3) is 0 Å². The zero-order valence-electron chi connectivity index (χ0n) is 15.3. The summed E-state index contributed by atoms with van der Waals surface area (Å²) in [6.45, 7) is 5.24. The molecule has 0 saturated heterocycles.